The Morgan fingerprint density at radius 2 is 1.69 bits per heavy atom. The SMILES string of the molecule is Cc1nn(S(=O)c2ccc3ccccc3c2)c(C)c1Sc1ccc([N+](=O)[O-])cc1. The van der Waals surface area contributed by atoms with Crippen molar-refractivity contribution in [2.24, 2.45) is 0 Å². The predicted molar refractivity (Wildman–Crippen MR) is 115 cm³/mol. The number of rotatable bonds is 5. The van der Waals surface area contributed by atoms with Crippen LogP contribution in [0.15, 0.2) is 81.4 Å². The Hall–Kier alpha value is -2.97. The molecule has 8 heteroatoms. The molecule has 1 heterocycles. The van der Waals surface area contributed by atoms with Gasteiger partial charge in [-0.3, -0.25) is 10.1 Å². The molecule has 0 aliphatic rings. The number of aromatic nitrogens is 2. The quantitative estimate of drug-likeness (QED) is 0.322. The third kappa shape index (κ3) is 3.81. The monoisotopic (exact) mass is 423 g/mol. The Morgan fingerprint density at radius 3 is 2.38 bits per heavy atom. The molecule has 0 saturated carbocycles. The second kappa shape index (κ2) is 7.81. The number of non-ortho nitro benzene ring substituents is 1. The fourth-order valence-corrected chi connectivity index (χ4v) is 5.18. The van der Waals surface area contributed by atoms with Crippen molar-refractivity contribution >= 4 is 39.2 Å². The van der Waals surface area contributed by atoms with Gasteiger partial charge in [-0.05, 0) is 48.9 Å². The van der Waals surface area contributed by atoms with E-state index in [1.54, 1.807) is 12.1 Å². The highest BCUT2D eigenvalue weighted by molar-refractivity contribution is 7.99. The van der Waals surface area contributed by atoms with E-state index < -0.39 is 15.9 Å². The van der Waals surface area contributed by atoms with Gasteiger partial charge >= 0.3 is 0 Å². The van der Waals surface area contributed by atoms with Gasteiger partial charge in [-0.1, -0.05) is 42.1 Å². The molecule has 0 aliphatic carbocycles. The summed E-state index contributed by atoms with van der Waals surface area (Å²) in [5.41, 5.74) is 1.60. The molecule has 0 aliphatic heterocycles. The van der Waals surface area contributed by atoms with Gasteiger partial charge in [0.2, 0.25) is 0 Å². The molecule has 0 radical (unpaired) electrons. The zero-order valence-corrected chi connectivity index (χ0v) is 17.4. The van der Waals surface area contributed by atoms with Crippen molar-refractivity contribution in [1.82, 2.24) is 9.19 Å². The predicted octanol–water partition coefficient (Wildman–Crippen LogP) is 5.28. The number of benzene rings is 3. The second-order valence-corrected chi connectivity index (χ2v) is 8.88. The molecule has 29 heavy (non-hydrogen) atoms. The number of fused-ring (bicyclic) bond motifs is 1. The molecule has 4 rings (SSSR count). The molecular formula is C21H17N3O3S2. The number of hydrogen-bond donors (Lipinski definition) is 0. The minimum atomic E-state index is -1.47. The summed E-state index contributed by atoms with van der Waals surface area (Å²) in [5, 5.41) is 17.4. The van der Waals surface area contributed by atoms with Gasteiger partial charge in [0.1, 0.15) is 0 Å². The van der Waals surface area contributed by atoms with Gasteiger partial charge in [0, 0.05) is 17.0 Å². The third-order valence-corrected chi connectivity index (χ3v) is 7.16. The van der Waals surface area contributed by atoms with Gasteiger partial charge in [0.25, 0.3) is 5.69 Å². The van der Waals surface area contributed by atoms with Crippen molar-refractivity contribution in [1.29, 1.82) is 0 Å². The molecule has 0 amide bonds. The summed E-state index contributed by atoms with van der Waals surface area (Å²) >= 11 is 1.46. The van der Waals surface area contributed by atoms with Crippen LogP contribution in [-0.2, 0) is 11.0 Å². The van der Waals surface area contributed by atoms with E-state index in [0.29, 0.717) is 4.90 Å². The minimum absolute atomic E-state index is 0.0518. The van der Waals surface area contributed by atoms with Crippen LogP contribution in [0.5, 0.6) is 0 Å². The molecule has 4 aromatic rings. The van der Waals surface area contributed by atoms with Gasteiger partial charge < -0.3 is 0 Å². The Balaban J connectivity index is 1.65. The van der Waals surface area contributed by atoms with Crippen molar-refractivity contribution in [2.75, 3.05) is 0 Å². The summed E-state index contributed by atoms with van der Waals surface area (Å²) in [6.45, 7) is 3.75. The summed E-state index contributed by atoms with van der Waals surface area (Å²) in [4.78, 5) is 12.8. The van der Waals surface area contributed by atoms with Crippen LogP contribution in [-0.4, -0.2) is 18.3 Å². The van der Waals surface area contributed by atoms with Crippen LogP contribution in [0.3, 0.4) is 0 Å². The summed E-state index contributed by atoms with van der Waals surface area (Å²) in [5.74, 6) is 0. The fraction of sp³-hybridized carbons (Fsp3) is 0.0952. The van der Waals surface area contributed by atoms with E-state index in [2.05, 4.69) is 5.10 Å². The number of hydrogen-bond acceptors (Lipinski definition) is 5. The Morgan fingerprint density at radius 1 is 1.00 bits per heavy atom. The molecule has 0 fully saturated rings. The average Bonchev–Trinajstić information content (AvgIpc) is 3.01. The van der Waals surface area contributed by atoms with Gasteiger partial charge in [0.15, 0.2) is 11.0 Å². The molecule has 1 unspecified atom stereocenters. The van der Waals surface area contributed by atoms with Crippen LogP contribution >= 0.6 is 11.8 Å². The lowest BCUT2D eigenvalue weighted by Gasteiger charge is -2.07. The number of nitrogens with zero attached hydrogens (tertiary/aromatic N) is 3. The third-order valence-electron chi connectivity index (χ3n) is 4.53. The summed E-state index contributed by atoms with van der Waals surface area (Å²) in [6, 6.07) is 20.0. The molecule has 146 valence electrons. The highest BCUT2D eigenvalue weighted by atomic mass is 32.2. The van der Waals surface area contributed by atoms with Crippen LogP contribution in [0.1, 0.15) is 11.4 Å². The lowest BCUT2D eigenvalue weighted by Crippen LogP contribution is -2.08. The van der Waals surface area contributed by atoms with Crippen molar-refractivity contribution < 1.29 is 9.13 Å². The van der Waals surface area contributed by atoms with Crippen molar-refractivity contribution in [3.63, 3.8) is 0 Å². The van der Waals surface area contributed by atoms with Crippen LogP contribution < -0.4 is 0 Å². The van der Waals surface area contributed by atoms with Gasteiger partial charge in [-0.25, -0.2) is 4.21 Å². The first-order valence-electron chi connectivity index (χ1n) is 8.83. The number of aryl methyl sites for hydroxylation is 1. The normalized spacial score (nSPS) is 12.2. The highest BCUT2D eigenvalue weighted by Gasteiger charge is 2.18. The second-order valence-electron chi connectivity index (χ2n) is 6.48. The molecule has 3 aromatic carbocycles. The van der Waals surface area contributed by atoms with E-state index in [4.69, 9.17) is 0 Å². The first kappa shape index (κ1) is 19.4. The average molecular weight is 424 g/mol. The highest BCUT2D eigenvalue weighted by Crippen LogP contribution is 2.34. The van der Waals surface area contributed by atoms with Crippen LogP contribution in [0.25, 0.3) is 10.8 Å². The molecule has 1 aromatic heterocycles. The van der Waals surface area contributed by atoms with Crippen molar-refractivity contribution in [2.45, 2.75) is 28.5 Å². The lowest BCUT2D eigenvalue weighted by molar-refractivity contribution is -0.384. The van der Waals surface area contributed by atoms with Crippen LogP contribution in [0.2, 0.25) is 0 Å². The van der Waals surface area contributed by atoms with Gasteiger partial charge in [-0.2, -0.15) is 9.19 Å². The summed E-state index contributed by atoms with van der Waals surface area (Å²) in [7, 11) is -1.47. The van der Waals surface area contributed by atoms with Crippen molar-refractivity contribution in [3.05, 3.63) is 88.2 Å². The first-order chi connectivity index (χ1) is 13.9. The van der Waals surface area contributed by atoms with E-state index in [-0.39, 0.29) is 5.69 Å². The van der Waals surface area contributed by atoms with E-state index in [1.807, 2.05) is 56.3 Å². The molecule has 0 spiro atoms. The van der Waals surface area contributed by atoms with Crippen LogP contribution in [0.4, 0.5) is 5.69 Å². The van der Waals surface area contributed by atoms with E-state index >= 15 is 0 Å². The molecule has 0 saturated heterocycles. The van der Waals surface area contributed by atoms with Crippen molar-refractivity contribution in [3.8, 4) is 0 Å². The zero-order valence-electron chi connectivity index (χ0n) is 15.7. The molecule has 0 bridgehead atoms. The maximum absolute atomic E-state index is 13.2. The zero-order chi connectivity index (χ0) is 20.5. The Kier molecular flexibility index (Phi) is 5.21. The Bertz CT molecular complexity index is 1250. The minimum Gasteiger partial charge on any atom is -0.258 e. The number of nitro benzene ring substituents is 1. The standard InChI is InChI=1S/C21H17N3O3S2/c1-14-21(28-19-10-8-18(9-11-19)24(25)26)15(2)23(22-14)29(27)20-12-7-16-5-3-4-6-17(16)13-20/h3-13H,1-2H3. The largest absolute Gasteiger partial charge is 0.269 e. The maximum atomic E-state index is 13.2. The molecule has 1 atom stereocenters. The van der Waals surface area contributed by atoms with E-state index in [9.17, 15) is 14.3 Å². The molecule has 6 nitrogen and oxygen atoms in total. The smallest absolute Gasteiger partial charge is 0.258 e. The number of nitro groups is 1. The molecular weight excluding hydrogens is 406 g/mol. The van der Waals surface area contributed by atoms with E-state index in [1.165, 1.54) is 28.0 Å². The van der Waals surface area contributed by atoms with E-state index in [0.717, 1.165) is 32.0 Å². The summed E-state index contributed by atoms with van der Waals surface area (Å²) < 4.78 is 14.7. The molecule has 0 N–H and O–H groups in total. The maximum Gasteiger partial charge on any atom is 0.269 e. The lowest BCUT2D eigenvalue weighted by atomic mass is 10.1. The summed E-state index contributed by atoms with van der Waals surface area (Å²) in [6.07, 6.45) is 0. The van der Waals surface area contributed by atoms with Crippen LogP contribution in [0, 0.1) is 24.0 Å². The fourth-order valence-electron chi connectivity index (χ4n) is 3.04. The van der Waals surface area contributed by atoms with Gasteiger partial charge in [-0.15, -0.1) is 0 Å². The topological polar surface area (TPSA) is 78.0 Å². The first-order valence-corrected chi connectivity index (χ1v) is 10.8. The van der Waals surface area contributed by atoms with Gasteiger partial charge in [0.05, 0.1) is 26.1 Å². The Labute approximate surface area is 174 Å².